The van der Waals surface area contributed by atoms with Crippen molar-refractivity contribution >= 4 is 28.2 Å². The topological polar surface area (TPSA) is 80.4 Å². The molecule has 0 spiro atoms. The van der Waals surface area contributed by atoms with Gasteiger partial charge in [0.1, 0.15) is 0 Å². The summed E-state index contributed by atoms with van der Waals surface area (Å²) in [5.74, 6) is 0. The van der Waals surface area contributed by atoms with Gasteiger partial charge in [-0.05, 0) is 22.0 Å². The van der Waals surface area contributed by atoms with Crippen LogP contribution < -0.4 is 11.2 Å². The number of halogens is 1. The van der Waals surface area contributed by atoms with Crippen LogP contribution in [0.1, 0.15) is 5.56 Å². The minimum Gasteiger partial charge on any atom is -0.350 e. The number of pyridine rings is 1. The minimum atomic E-state index is -0.695. The Morgan fingerprint density at radius 1 is 1.69 bits per heavy atom. The van der Waals surface area contributed by atoms with Crippen LogP contribution >= 0.6 is 15.9 Å². The molecule has 2 amide bonds. The van der Waals surface area contributed by atoms with E-state index in [9.17, 15) is 4.79 Å². The molecule has 3 N–H and O–H groups in total. The van der Waals surface area contributed by atoms with E-state index in [1.165, 1.54) is 6.21 Å². The lowest BCUT2D eigenvalue weighted by Gasteiger charge is -1.93. The fourth-order valence-electron chi connectivity index (χ4n) is 0.669. The van der Waals surface area contributed by atoms with Crippen molar-refractivity contribution in [1.29, 1.82) is 0 Å². The summed E-state index contributed by atoms with van der Waals surface area (Å²) >= 11 is 3.25. The van der Waals surface area contributed by atoms with Crippen LogP contribution in [-0.2, 0) is 0 Å². The number of nitrogens with two attached hydrogens (primary N) is 1. The Morgan fingerprint density at radius 3 is 3.08 bits per heavy atom. The van der Waals surface area contributed by atoms with Gasteiger partial charge in [0, 0.05) is 22.4 Å². The molecule has 0 aliphatic heterocycles. The van der Waals surface area contributed by atoms with Crippen molar-refractivity contribution in [3.05, 3.63) is 28.5 Å². The van der Waals surface area contributed by atoms with E-state index in [-0.39, 0.29) is 0 Å². The van der Waals surface area contributed by atoms with Gasteiger partial charge in [-0.2, -0.15) is 5.10 Å². The third kappa shape index (κ3) is 3.66. The van der Waals surface area contributed by atoms with Crippen molar-refractivity contribution in [2.24, 2.45) is 10.8 Å². The molecule has 0 atom stereocenters. The molecule has 13 heavy (non-hydrogen) atoms. The van der Waals surface area contributed by atoms with Crippen molar-refractivity contribution in [1.82, 2.24) is 10.4 Å². The van der Waals surface area contributed by atoms with E-state index in [2.05, 4.69) is 31.4 Å². The fourth-order valence-corrected chi connectivity index (χ4v) is 1.05. The molecule has 0 aromatic carbocycles. The van der Waals surface area contributed by atoms with Crippen LogP contribution in [0.25, 0.3) is 0 Å². The number of nitrogens with zero attached hydrogens (tertiary/aromatic N) is 2. The molecule has 0 aliphatic rings. The molecular weight excluding hydrogens is 236 g/mol. The molecular formula is C7H7BrN4O. The number of nitrogens with one attached hydrogen (secondary N) is 1. The van der Waals surface area contributed by atoms with Gasteiger partial charge in [-0.1, -0.05) is 0 Å². The normalized spacial score (nSPS) is 10.2. The van der Waals surface area contributed by atoms with Crippen LogP contribution in [0.5, 0.6) is 0 Å². The Morgan fingerprint density at radius 2 is 2.46 bits per heavy atom. The first-order chi connectivity index (χ1) is 6.18. The molecule has 1 aromatic heterocycles. The first kappa shape index (κ1) is 9.66. The van der Waals surface area contributed by atoms with Crippen LogP contribution in [0.15, 0.2) is 28.0 Å². The average Bonchev–Trinajstić information content (AvgIpc) is 2.03. The molecule has 1 rings (SSSR count). The van der Waals surface area contributed by atoms with E-state index in [4.69, 9.17) is 5.73 Å². The Kier molecular flexibility index (Phi) is 3.39. The number of hydrazone groups is 1. The smallest absolute Gasteiger partial charge is 0.332 e. The van der Waals surface area contributed by atoms with Crippen molar-refractivity contribution in [2.75, 3.05) is 0 Å². The molecule has 0 unspecified atom stereocenters. The molecule has 68 valence electrons. The predicted octanol–water partition coefficient (Wildman–Crippen LogP) is 0.846. The van der Waals surface area contributed by atoms with Crippen molar-refractivity contribution in [3.8, 4) is 0 Å². The summed E-state index contributed by atoms with van der Waals surface area (Å²) in [6.45, 7) is 0. The van der Waals surface area contributed by atoms with E-state index < -0.39 is 6.03 Å². The highest BCUT2D eigenvalue weighted by molar-refractivity contribution is 9.10. The molecule has 0 bridgehead atoms. The molecule has 1 heterocycles. The number of hydrogen-bond acceptors (Lipinski definition) is 3. The van der Waals surface area contributed by atoms with E-state index in [0.29, 0.717) is 0 Å². The lowest BCUT2D eigenvalue weighted by atomic mass is 10.3. The highest BCUT2D eigenvalue weighted by atomic mass is 79.9. The number of aromatic nitrogens is 1. The van der Waals surface area contributed by atoms with Gasteiger partial charge in [0.15, 0.2) is 0 Å². The van der Waals surface area contributed by atoms with Gasteiger partial charge < -0.3 is 5.73 Å². The molecule has 0 saturated heterocycles. The zero-order valence-electron chi connectivity index (χ0n) is 6.57. The summed E-state index contributed by atoms with van der Waals surface area (Å²) in [6.07, 6.45) is 4.71. The van der Waals surface area contributed by atoms with E-state index in [0.717, 1.165) is 10.0 Å². The van der Waals surface area contributed by atoms with E-state index in [1.54, 1.807) is 18.5 Å². The Hall–Kier alpha value is -1.43. The van der Waals surface area contributed by atoms with Crippen molar-refractivity contribution in [2.45, 2.75) is 0 Å². The maximum absolute atomic E-state index is 10.2. The largest absolute Gasteiger partial charge is 0.350 e. The van der Waals surface area contributed by atoms with Gasteiger partial charge in [-0.15, -0.1) is 0 Å². The van der Waals surface area contributed by atoms with Gasteiger partial charge in [-0.25, -0.2) is 10.2 Å². The van der Waals surface area contributed by atoms with E-state index in [1.807, 2.05) is 0 Å². The van der Waals surface area contributed by atoms with Gasteiger partial charge in [0.05, 0.1) is 6.21 Å². The number of hydrogen-bond donors (Lipinski definition) is 2. The van der Waals surface area contributed by atoms with Crippen LogP contribution in [0.2, 0.25) is 0 Å². The van der Waals surface area contributed by atoms with Crippen molar-refractivity contribution < 1.29 is 4.79 Å². The first-order valence-electron chi connectivity index (χ1n) is 3.37. The third-order valence-corrected chi connectivity index (χ3v) is 1.55. The summed E-state index contributed by atoms with van der Waals surface area (Å²) in [7, 11) is 0. The van der Waals surface area contributed by atoms with Gasteiger partial charge in [0.2, 0.25) is 0 Å². The number of carbonyl (C=O) groups is 1. The number of carbonyl (C=O) groups excluding carboxylic acids is 1. The average molecular weight is 243 g/mol. The lowest BCUT2D eigenvalue weighted by Crippen LogP contribution is -2.24. The third-order valence-electron chi connectivity index (χ3n) is 1.11. The first-order valence-corrected chi connectivity index (χ1v) is 4.17. The quantitative estimate of drug-likeness (QED) is 0.596. The SMILES string of the molecule is NC(=O)N/N=C/c1cncc(Br)c1. The number of amides is 2. The Balaban J connectivity index is 2.63. The Bertz CT molecular complexity index is 339. The second-order valence-corrected chi connectivity index (χ2v) is 3.09. The Labute approximate surface area is 83.2 Å². The molecule has 0 aliphatic carbocycles. The highest BCUT2D eigenvalue weighted by Gasteiger charge is 1.90. The number of rotatable bonds is 2. The van der Waals surface area contributed by atoms with Gasteiger partial charge in [-0.3, -0.25) is 4.98 Å². The number of primary amides is 1. The van der Waals surface area contributed by atoms with Crippen LogP contribution in [0.4, 0.5) is 4.79 Å². The minimum absolute atomic E-state index is 0.695. The predicted molar refractivity (Wildman–Crippen MR) is 52.3 cm³/mol. The van der Waals surface area contributed by atoms with E-state index >= 15 is 0 Å². The van der Waals surface area contributed by atoms with Gasteiger partial charge in [0.25, 0.3) is 0 Å². The fraction of sp³-hybridized carbons (Fsp3) is 0. The summed E-state index contributed by atoms with van der Waals surface area (Å²) in [5, 5.41) is 3.57. The van der Waals surface area contributed by atoms with Crippen molar-refractivity contribution in [3.63, 3.8) is 0 Å². The lowest BCUT2D eigenvalue weighted by molar-refractivity contribution is 0.249. The summed E-state index contributed by atoms with van der Waals surface area (Å²) in [5.41, 5.74) is 7.64. The number of urea groups is 1. The van der Waals surface area contributed by atoms with Crippen LogP contribution in [-0.4, -0.2) is 17.2 Å². The maximum atomic E-state index is 10.2. The summed E-state index contributed by atoms with van der Waals surface area (Å²) in [4.78, 5) is 14.1. The molecule has 6 heteroatoms. The second-order valence-electron chi connectivity index (χ2n) is 2.17. The molecule has 5 nitrogen and oxygen atoms in total. The molecule has 1 aromatic rings. The summed E-state index contributed by atoms with van der Waals surface area (Å²) in [6, 6.07) is 1.11. The molecule has 0 fully saturated rings. The van der Waals surface area contributed by atoms with Gasteiger partial charge >= 0.3 is 6.03 Å². The molecule has 0 saturated carbocycles. The second kappa shape index (κ2) is 4.56. The van der Waals surface area contributed by atoms with Crippen LogP contribution in [0.3, 0.4) is 0 Å². The van der Waals surface area contributed by atoms with Crippen LogP contribution in [0, 0.1) is 0 Å². The highest BCUT2D eigenvalue weighted by Crippen LogP contribution is 2.07. The zero-order valence-corrected chi connectivity index (χ0v) is 8.15. The standard InChI is InChI=1S/C7H7BrN4O/c8-6-1-5(2-10-4-6)3-11-12-7(9)13/h1-4H,(H3,9,12,13)/b11-3+. The summed E-state index contributed by atoms with van der Waals surface area (Å²) < 4.78 is 0.843. The zero-order chi connectivity index (χ0) is 9.68. The monoisotopic (exact) mass is 242 g/mol. The molecule has 0 radical (unpaired) electrons. The maximum Gasteiger partial charge on any atom is 0.332 e.